The number of hydrogen-bond donors (Lipinski definition) is 1. The number of nitriles is 1. The molecule has 1 aliphatic rings. The fraction of sp³-hybridized carbons (Fsp3) is 0.600. The molecule has 14 heteroatoms. The van der Waals surface area contributed by atoms with E-state index in [1.54, 1.807) is 12.4 Å². The van der Waals surface area contributed by atoms with Crippen molar-refractivity contribution in [3.05, 3.63) is 58.8 Å². The molecule has 13 nitrogen and oxygen atoms in total. The van der Waals surface area contributed by atoms with Crippen molar-refractivity contribution < 1.29 is 18.8 Å². The summed E-state index contributed by atoms with van der Waals surface area (Å²) in [6.45, 7) is 17.4. The molecule has 54 heavy (non-hydrogen) atoms. The summed E-state index contributed by atoms with van der Waals surface area (Å²) in [5.74, 6) is 2.13. The van der Waals surface area contributed by atoms with Gasteiger partial charge in [-0.1, -0.05) is 69.0 Å². The van der Waals surface area contributed by atoms with Crippen molar-refractivity contribution in [3.63, 3.8) is 0 Å². The molecular weight excluding hydrogens is 703 g/mol. The van der Waals surface area contributed by atoms with Gasteiger partial charge in [0.1, 0.15) is 22.6 Å². The van der Waals surface area contributed by atoms with Gasteiger partial charge in [-0.2, -0.15) is 10.2 Å². The number of hydrogen-bond acceptors (Lipinski definition) is 13. The summed E-state index contributed by atoms with van der Waals surface area (Å²) in [7, 11) is 1.37. The van der Waals surface area contributed by atoms with E-state index in [-0.39, 0.29) is 23.2 Å². The van der Waals surface area contributed by atoms with Gasteiger partial charge in [-0.15, -0.1) is 17.9 Å². The number of nitrogens with zero attached hydrogens (tertiary/aromatic N) is 8. The van der Waals surface area contributed by atoms with Crippen molar-refractivity contribution in [2.45, 2.75) is 123 Å². The van der Waals surface area contributed by atoms with Gasteiger partial charge in [-0.05, 0) is 81.6 Å². The minimum atomic E-state index is -0.598. The van der Waals surface area contributed by atoms with Gasteiger partial charge in [0.15, 0.2) is 6.04 Å². The van der Waals surface area contributed by atoms with E-state index in [4.69, 9.17) is 34.7 Å². The lowest BCUT2D eigenvalue weighted by Crippen LogP contribution is -2.29. The second kappa shape index (κ2) is 17.7. The van der Waals surface area contributed by atoms with Crippen LogP contribution in [-0.2, 0) is 21.4 Å². The van der Waals surface area contributed by atoms with Gasteiger partial charge in [0.05, 0.1) is 30.9 Å². The summed E-state index contributed by atoms with van der Waals surface area (Å²) >= 11 is 1.49. The zero-order valence-electron chi connectivity index (χ0n) is 32.8. The number of ether oxygens (including phenoxy) is 2. The topological polar surface area (TPSA) is 181 Å². The third-order valence-corrected chi connectivity index (χ3v) is 11.9. The first kappa shape index (κ1) is 40.5. The zero-order valence-corrected chi connectivity index (χ0v) is 33.6. The molecule has 0 spiro atoms. The molecule has 0 amide bonds. The number of methoxy groups -OCH3 is 1. The highest BCUT2D eigenvalue weighted by Gasteiger charge is 2.43. The number of nitrogen functional groups attached to an aromatic ring is 1. The van der Waals surface area contributed by atoms with Crippen molar-refractivity contribution in [2.24, 2.45) is 17.3 Å². The van der Waals surface area contributed by atoms with E-state index >= 15 is 0 Å². The Morgan fingerprint density at radius 3 is 2.76 bits per heavy atom. The molecule has 1 aliphatic carbocycles. The summed E-state index contributed by atoms with van der Waals surface area (Å²) in [5, 5.41) is 23.0. The third kappa shape index (κ3) is 9.17. The van der Waals surface area contributed by atoms with Crippen molar-refractivity contribution in [2.75, 3.05) is 19.5 Å². The number of esters is 1. The Morgan fingerprint density at radius 2 is 2.04 bits per heavy atom. The summed E-state index contributed by atoms with van der Waals surface area (Å²) < 4.78 is 18.2. The number of aromatic nitrogens is 7. The molecule has 0 radical (unpaired) electrons. The molecule has 0 aliphatic heterocycles. The number of thiophene rings is 1. The lowest BCUT2D eigenvalue weighted by atomic mass is 9.72. The quantitative estimate of drug-likeness (QED) is 0.0549. The molecule has 0 aromatic carbocycles. The molecule has 5 rings (SSSR count). The van der Waals surface area contributed by atoms with Crippen molar-refractivity contribution >= 4 is 22.3 Å². The third-order valence-electron chi connectivity index (χ3n) is 10.8. The van der Waals surface area contributed by atoms with Crippen molar-refractivity contribution in [3.8, 4) is 23.5 Å². The number of unbranched alkanes of at least 4 members (excludes halogenated alkanes) is 2. The molecule has 4 atom stereocenters. The van der Waals surface area contributed by atoms with E-state index in [0.717, 1.165) is 80.5 Å². The van der Waals surface area contributed by atoms with Crippen LogP contribution in [0.3, 0.4) is 0 Å². The Hall–Kier alpha value is -4.64. The summed E-state index contributed by atoms with van der Waals surface area (Å²) in [6.07, 6.45) is 14.9. The number of carbonyl (C=O) groups excluding carboxylic acids is 1. The highest BCUT2D eigenvalue weighted by atomic mass is 32.1. The van der Waals surface area contributed by atoms with Crippen LogP contribution < -0.4 is 10.5 Å². The van der Waals surface area contributed by atoms with E-state index in [9.17, 15) is 10.1 Å². The van der Waals surface area contributed by atoms with Crippen LogP contribution in [0.1, 0.15) is 139 Å². The molecule has 0 bridgehead atoms. The largest absolute Gasteiger partial charge is 0.475 e. The monoisotopic (exact) mass is 757 g/mol. The van der Waals surface area contributed by atoms with Crippen LogP contribution in [-0.4, -0.2) is 54.8 Å². The molecule has 0 saturated heterocycles. The van der Waals surface area contributed by atoms with E-state index < -0.39 is 11.5 Å². The van der Waals surface area contributed by atoms with Gasteiger partial charge in [0.2, 0.25) is 11.7 Å². The van der Waals surface area contributed by atoms with E-state index in [2.05, 4.69) is 55.8 Å². The van der Waals surface area contributed by atoms with E-state index in [0.29, 0.717) is 46.4 Å². The normalized spacial score (nSPS) is 17.4. The number of aryl methyl sites for hydroxylation is 1. The number of fused-ring (bicyclic) bond motifs is 1. The molecule has 0 saturated carbocycles. The second-order valence-corrected chi connectivity index (χ2v) is 17.0. The fourth-order valence-corrected chi connectivity index (χ4v) is 8.82. The summed E-state index contributed by atoms with van der Waals surface area (Å²) in [6, 6.07) is 3.60. The van der Waals surface area contributed by atoms with Gasteiger partial charge in [-0.3, -0.25) is 0 Å². The maximum atomic E-state index is 12.2. The van der Waals surface area contributed by atoms with Crippen LogP contribution in [0.4, 0.5) is 5.00 Å². The zero-order chi connectivity index (χ0) is 39.0. The first-order valence-corrected chi connectivity index (χ1v) is 19.9. The molecular formula is C40H55N9O4S. The van der Waals surface area contributed by atoms with Crippen LogP contribution in [0.5, 0.6) is 5.88 Å². The van der Waals surface area contributed by atoms with Crippen LogP contribution in [0.15, 0.2) is 35.6 Å². The maximum Gasteiger partial charge on any atom is 0.330 e. The first-order chi connectivity index (χ1) is 25.8. The molecule has 290 valence electrons. The minimum absolute atomic E-state index is 0.00632. The van der Waals surface area contributed by atoms with E-state index in [1.807, 2.05) is 26.0 Å². The molecule has 0 fully saturated rings. The van der Waals surface area contributed by atoms with Crippen molar-refractivity contribution in [1.82, 2.24) is 35.1 Å². The number of rotatable bonds is 19. The highest BCUT2D eigenvalue weighted by molar-refractivity contribution is 7.16. The Morgan fingerprint density at radius 1 is 1.24 bits per heavy atom. The Labute approximate surface area is 322 Å². The lowest BCUT2D eigenvalue weighted by Gasteiger charge is -2.30. The maximum absolute atomic E-state index is 12.2. The standard InChI is InChI=1S/C40H55N9O4S/c1-9-14-26(4)27(16-20-39(5,6)18-11-10-12-22-52-31-24-49(48-46-31)33(25(2)3)37(50)51-8)35-43-21-17-29(44-35)36-45-38(53-47-36)40(7)19-13-15-30-32(40)28(23-41)34(42)54-30/h9,17,21,24-27,33H,1,10-16,18-20,22,42H2,2-8H3/t26-,27?,33?,40-/m0/s1. The fourth-order valence-electron chi connectivity index (χ4n) is 7.63. The van der Waals surface area contributed by atoms with Gasteiger partial charge in [0.25, 0.3) is 5.88 Å². The number of carbonyl (C=O) groups is 1. The average Bonchev–Trinajstić information content (AvgIpc) is 3.89. The number of nitrogens with two attached hydrogens (primary N) is 1. The van der Waals surface area contributed by atoms with Gasteiger partial charge < -0.3 is 19.7 Å². The number of allylic oxidation sites excluding steroid dienone is 1. The molecule has 4 heterocycles. The average molecular weight is 758 g/mol. The van der Waals surface area contributed by atoms with Crippen LogP contribution in [0, 0.1) is 28.6 Å². The van der Waals surface area contributed by atoms with Crippen molar-refractivity contribution in [1.29, 1.82) is 5.26 Å². The SMILES string of the molecule is C=CC[C@H](C)C(CCC(C)(C)CCCCCOc1cn(C(C(=O)OC)C(C)C)nn1)c1nccc(-c2noc([C@@]3(C)CCCc4sc(N)c(C#N)c43)n2)n1. The minimum Gasteiger partial charge on any atom is -0.475 e. The summed E-state index contributed by atoms with van der Waals surface area (Å²) in [5.41, 5.74) is 7.82. The second-order valence-electron chi connectivity index (χ2n) is 15.9. The number of anilines is 1. The first-order valence-electron chi connectivity index (χ1n) is 19.0. The molecule has 4 aromatic heterocycles. The van der Waals surface area contributed by atoms with Crippen LogP contribution in [0.25, 0.3) is 11.5 Å². The Balaban J connectivity index is 1.18. The van der Waals surface area contributed by atoms with Crippen LogP contribution >= 0.6 is 11.3 Å². The van der Waals surface area contributed by atoms with Gasteiger partial charge in [0, 0.05) is 22.6 Å². The van der Waals surface area contributed by atoms with Crippen LogP contribution in [0.2, 0.25) is 0 Å². The van der Waals surface area contributed by atoms with Gasteiger partial charge >= 0.3 is 5.97 Å². The predicted octanol–water partition coefficient (Wildman–Crippen LogP) is 8.39. The predicted molar refractivity (Wildman–Crippen MR) is 208 cm³/mol. The lowest BCUT2D eigenvalue weighted by molar-refractivity contribution is -0.146. The van der Waals surface area contributed by atoms with Gasteiger partial charge in [-0.25, -0.2) is 19.4 Å². The smallest absolute Gasteiger partial charge is 0.330 e. The Bertz CT molecular complexity index is 1930. The Kier molecular flexibility index (Phi) is 13.3. The molecule has 4 aromatic rings. The van der Waals surface area contributed by atoms with E-state index in [1.165, 1.54) is 23.1 Å². The molecule has 2 unspecified atom stereocenters. The highest BCUT2D eigenvalue weighted by Crippen LogP contribution is 2.48. The molecule has 2 N–H and O–H groups in total. The summed E-state index contributed by atoms with van der Waals surface area (Å²) in [4.78, 5) is 27.9.